The molecule has 0 bridgehead atoms. The first-order valence-corrected chi connectivity index (χ1v) is 7.17. The van der Waals surface area contributed by atoms with Crippen molar-refractivity contribution in [2.75, 3.05) is 18.0 Å². The highest BCUT2D eigenvalue weighted by Gasteiger charge is 2.24. The number of anilines is 1. The van der Waals surface area contributed by atoms with Gasteiger partial charge in [0.05, 0.1) is 5.02 Å². The minimum Gasteiger partial charge on any atom is -0.352 e. The second kappa shape index (κ2) is 6.03. The Morgan fingerprint density at radius 2 is 2.35 bits per heavy atom. The van der Waals surface area contributed by atoms with Crippen LogP contribution < -0.4 is 10.6 Å². The van der Waals surface area contributed by atoms with Gasteiger partial charge in [-0.15, -0.1) is 0 Å². The second-order valence-corrected chi connectivity index (χ2v) is 5.70. The topological polar surface area (TPSA) is 42.1 Å². The first kappa shape index (κ1) is 13.1. The summed E-state index contributed by atoms with van der Waals surface area (Å²) < 4.78 is 0.915. The average Bonchev–Trinajstić information content (AvgIpc) is 2.31. The lowest BCUT2D eigenvalue weighted by Crippen LogP contribution is -2.41. The Labute approximate surface area is 115 Å². The second-order valence-electron chi connectivity index (χ2n) is 4.38. The predicted molar refractivity (Wildman–Crippen MR) is 75.6 cm³/mol. The summed E-state index contributed by atoms with van der Waals surface area (Å²) in [6.07, 6.45) is 6.47. The van der Waals surface area contributed by atoms with E-state index in [1.54, 1.807) is 6.20 Å². The average molecular weight is 319 g/mol. The molecular formula is C12H17BrClN3. The highest BCUT2D eigenvalue weighted by molar-refractivity contribution is 9.10. The molecule has 1 aliphatic heterocycles. The third-order valence-electron chi connectivity index (χ3n) is 3.19. The van der Waals surface area contributed by atoms with Crippen molar-refractivity contribution < 1.29 is 0 Å². The van der Waals surface area contributed by atoms with E-state index in [1.165, 1.54) is 19.3 Å². The zero-order chi connectivity index (χ0) is 12.3. The molecule has 3 nitrogen and oxygen atoms in total. The maximum atomic E-state index is 6.26. The highest BCUT2D eigenvalue weighted by Crippen LogP contribution is 2.31. The van der Waals surface area contributed by atoms with E-state index in [-0.39, 0.29) is 0 Å². The summed E-state index contributed by atoms with van der Waals surface area (Å²) in [4.78, 5) is 6.75. The van der Waals surface area contributed by atoms with Crippen molar-refractivity contribution in [2.24, 2.45) is 5.73 Å². The maximum Gasteiger partial charge on any atom is 0.147 e. The summed E-state index contributed by atoms with van der Waals surface area (Å²) in [6.45, 7) is 1.74. The van der Waals surface area contributed by atoms with Gasteiger partial charge in [-0.05, 0) is 54.2 Å². The molecule has 0 aliphatic carbocycles. The predicted octanol–water partition coefficient (Wildman–Crippen LogP) is 3.21. The number of nitrogens with zero attached hydrogens (tertiary/aromatic N) is 2. The van der Waals surface area contributed by atoms with Gasteiger partial charge in [0.2, 0.25) is 0 Å². The first-order chi connectivity index (χ1) is 8.22. The molecule has 0 amide bonds. The van der Waals surface area contributed by atoms with Crippen molar-refractivity contribution in [2.45, 2.75) is 31.7 Å². The monoisotopic (exact) mass is 317 g/mol. The SMILES string of the molecule is NCCC1CCCCN1c1ncc(Br)cc1Cl. The highest BCUT2D eigenvalue weighted by atomic mass is 79.9. The van der Waals surface area contributed by atoms with Gasteiger partial charge in [-0.1, -0.05) is 11.6 Å². The molecule has 1 atom stereocenters. The van der Waals surface area contributed by atoms with Crippen LogP contribution in [0.4, 0.5) is 5.82 Å². The Hall–Kier alpha value is -0.320. The molecule has 0 saturated carbocycles. The van der Waals surface area contributed by atoms with Gasteiger partial charge in [0.1, 0.15) is 5.82 Å². The smallest absolute Gasteiger partial charge is 0.147 e. The standard InChI is InChI=1S/C12H17BrClN3/c13-9-7-11(14)12(16-8-9)17-6-2-1-3-10(17)4-5-15/h7-8,10H,1-6,15H2. The Balaban J connectivity index is 2.23. The molecule has 2 rings (SSSR count). The quantitative estimate of drug-likeness (QED) is 0.930. The number of rotatable bonds is 3. The summed E-state index contributed by atoms with van der Waals surface area (Å²) in [5.41, 5.74) is 5.67. The van der Waals surface area contributed by atoms with Crippen molar-refractivity contribution in [1.29, 1.82) is 0 Å². The molecule has 17 heavy (non-hydrogen) atoms. The van der Waals surface area contributed by atoms with Gasteiger partial charge in [-0.2, -0.15) is 0 Å². The maximum absolute atomic E-state index is 6.26. The number of nitrogens with two attached hydrogens (primary N) is 1. The molecule has 1 aromatic rings. The van der Waals surface area contributed by atoms with Crippen LogP contribution in [0.5, 0.6) is 0 Å². The van der Waals surface area contributed by atoms with E-state index in [2.05, 4.69) is 25.8 Å². The van der Waals surface area contributed by atoms with E-state index in [1.807, 2.05) is 6.07 Å². The fourth-order valence-corrected chi connectivity index (χ4v) is 3.13. The summed E-state index contributed by atoms with van der Waals surface area (Å²) >= 11 is 9.64. The van der Waals surface area contributed by atoms with Crippen molar-refractivity contribution in [3.05, 3.63) is 21.8 Å². The summed E-state index contributed by atoms with van der Waals surface area (Å²) in [5, 5.41) is 0.711. The number of aromatic nitrogens is 1. The van der Waals surface area contributed by atoms with E-state index in [4.69, 9.17) is 17.3 Å². The number of hydrogen-bond acceptors (Lipinski definition) is 3. The van der Waals surface area contributed by atoms with Crippen LogP contribution in [0, 0.1) is 0 Å². The van der Waals surface area contributed by atoms with Crippen LogP contribution in [-0.2, 0) is 0 Å². The summed E-state index contributed by atoms with van der Waals surface area (Å²) in [5.74, 6) is 0.896. The molecule has 0 spiro atoms. The third-order valence-corrected chi connectivity index (χ3v) is 3.90. The van der Waals surface area contributed by atoms with Crippen LogP contribution in [0.25, 0.3) is 0 Å². The molecule has 0 aromatic carbocycles. The van der Waals surface area contributed by atoms with Crippen LogP contribution >= 0.6 is 27.5 Å². The van der Waals surface area contributed by atoms with Gasteiger partial charge < -0.3 is 10.6 Å². The van der Waals surface area contributed by atoms with Gasteiger partial charge in [-0.3, -0.25) is 0 Å². The number of halogens is 2. The summed E-state index contributed by atoms with van der Waals surface area (Å²) in [6, 6.07) is 2.39. The summed E-state index contributed by atoms with van der Waals surface area (Å²) in [7, 11) is 0. The van der Waals surface area contributed by atoms with Gasteiger partial charge in [0, 0.05) is 23.3 Å². The molecule has 1 fully saturated rings. The van der Waals surface area contributed by atoms with E-state index in [0.717, 1.165) is 29.8 Å². The molecular weight excluding hydrogens is 302 g/mol. The van der Waals surface area contributed by atoms with Crippen LogP contribution in [-0.4, -0.2) is 24.1 Å². The van der Waals surface area contributed by atoms with Crippen molar-refractivity contribution in [3.8, 4) is 0 Å². The largest absolute Gasteiger partial charge is 0.352 e. The zero-order valence-electron chi connectivity index (χ0n) is 9.70. The lowest BCUT2D eigenvalue weighted by Gasteiger charge is -2.37. The molecule has 5 heteroatoms. The van der Waals surface area contributed by atoms with Gasteiger partial charge in [0.25, 0.3) is 0 Å². The molecule has 1 saturated heterocycles. The van der Waals surface area contributed by atoms with E-state index in [9.17, 15) is 0 Å². The van der Waals surface area contributed by atoms with Crippen LogP contribution in [0.1, 0.15) is 25.7 Å². The number of hydrogen-bond donors (Lipinski definition) is 1. The van der Waals surface area contributed by atoms with Gasteiger partial charge in [0.15, 0.2) is 0 Å². The molecule has 1 aromatic heterocycles. The molecule has 2 N–H and O–H groups in total. The number of piperidine rings is 1. The van der Waals surface area contributed by atoms with E-state index in [0.29, 0.717) is 11.1 Å². The fraction of sp³-hybridized carbons (Fsp3) is 0.583. The van der Waals surface area contributed by atoms with Crippen LogP contribution in [0.15, 0.2) is 16.7 Å². The Bertz CT molecular complexity index is 384. The first-order valence-electron chi connectivity index (χ1n) is 6.00. The fourth-order valence-electron chi connectivity index (χ4n) is 2.39. The minimum atomic E-state index is 0.486. The molecule has 1 aliphatic rings. The van der Waals surface area contributed by atoms with Crippen LogP contribution in [0.2, 0.25) is 5.02 Å². The number of pyridine rings is 1. The van der Waals surface area contributed by atoms with Gasteiger partial charge in [-0.25, -0.2) is 4.98 Å². The Kier molecular flexibility index (Phi) is 4.65. The van der Waals surface area contributed by atoms with Crippen LogP contribution in [0.3, 0.4) is 0 Å². The van der Waals surface area contributed by atoms with Crippen molar-refractivity contribution >= 4 is 33.3 Å². The van der Waals surface area contributed by atoms with E-state index < -0.39 is 0 Å². The third kappa shape index (κ3) is 3.12. The molecule has 2 heterocycles. The minimum absolute atomic E-state index is 0.486. The van der Waals surface area contributed by atoms with Crippen molar-refractivity contribution in [3.63, 3.8) is 0 Å². The van der Waals surface area contributed by atoms with Crippen molar-refractivity contribution in [1.82, 2.24) is 4.98 Å². The Morgan fingerprint density at radius 3 is 3.06 bits per heavy atom. The normalized spacial score (nSPS) is 20.6. The van der Waals surface area contributed by atoms with Gasteiger partial charge >= 0.3 is 0 Å². The lowest BCUT2D eigenvalue weighted by molar-refractivity contribution is 0.439. The zero-order valence-corrected chi connectivity index (χ0v) is 12.0. The molecule has 94 valence electrons. The lowest BCUT2D eigenvalue weighted by atomic mass is 9.99. The molecule has 0 radical (unpaired) electrons. The molecule has 1 unspecified atom stereocenters. The Morgan fingerprint density at radius 1 is 1.53 bits per heavy atom. The van der Waals surface area contributed by atoms with E-state index >= 15 is 0 Å².